The molecule has 0 radical (unpaired) electrons. The molecule has 1 aromatic heterocycles. The highest BCUT2D eigenvalue weighted by Crippen LogP contribution is 2.30. The van der Waals surface area contributed by atoms with E-state index < -0.39 is 17.7 Å². The van der Waals surface area contributed by atoms with Gasteiger partial charge in [0.1, 0.15) is 17.7 Å². The summed E-state index contributed by atoms with van der Waals surface area (Å²) < 4.78 is 26.9. The largest absolute Gasteiger partial charge is 0.383 e. The van der Waals surface area contributed by atoms with Gasteiger partial charge in [0.25, 0.3) is 0 Å². The van der Waals surface area contributed by atoms with Gasteiger partial charge in [-0.1, -0.05) is 6.07 Å². The Kier molecular flexibility index (Phi) is 3.03. The Morgan fingerprint density at radius 2 is 1.81 bits per heavy atom. The number of hydrogen-bond donors (Lipinski definition) is 1. The van der Waals surface area contributed by atoms with E-state index in [9.17, 15) is 13.9 Å². The van der Waals surface area contributed by atoms with Crippen LogP contribution in [-0.4, -0.2) is 5.11 Å². The minimum atomic E-state index is -1.24. The van der Waals surface area contributed by atoms with Crippen LogP contribution in [0.3, 0.4) is 0 Å². The van der Waals surface area contributed by atoms with E-state index in [-0.39, 0.29) is 5.56 Å². The minimum absolute atomic E-state index is 0.288. The van der Waals surface area contributed by atoms with Crippen LogP contribution in [0.15, 0.2) is 29.0 Å². The average molecular weight is 240 g/mol. The lowest BCUT2D eigenvalue weighted by atomic mass is 10.0. The normalized spacial score (nSPS) is 12.8. The maximum Gasteiger partial charge on any atom is 0.132 e. The third kappa shape index (κ3) is 1.86. The van der Waals surface area contributed by atoms with Crippen molar-refractivity contribution in [1.29, 1.82) is 0 Å². The molecule has 0 aliphatic heterocycles. The SMILES string of the molecule is Cc1cscc1C(O)c1c(F)cccc1F. The molecule has 1 atom stereocenters. The molecule has 1 aromatic carbocycles. The third-order valence-corrected chi connectivity index (χ3v) is 3.34. The Morgan fingerprint density at radius 3 is 2.31 bits per heavy atom. The van der Waals surface area contributed by atoms with E-state index in [0.717, 1.165) is 17.7 Å². The molecule has 2 aromatic rings. The topological polar surface area (TPSA) is 20.2 Å². The van der Waals surface area contributed by atoms with E-state index in [1.54, 1.807) is 12.3 Å². The van der Waals surface area contributed by atoms with Gasteiger partial charge in [-0.2, -0.15) is 11.3 Å². The van der Waals surface area contributed by atoms with Crippen molar-refractivity contribution in [2.24, 2.45) is 0 Å². The van der Waals surface area contributed by atoms with Crippen LogP contribution < -0.4 is 0 Å². The highest BCUT2D eigenvalue weighted by molar-refractivity contribution is 7.08. The van der Waals surface area contributed by atoms with E-state index in [0.29, 0.717) is 5.56 Å². The Labute approximate surface area is 96.0 Å². The van der Waals surface area contributed by atoms with Crippen LogP contribution in [0.25, 0.3) is 0 Å². The molecule has 0 aliphatic carbocycles. The predicted molar refractivity (Wildman–Crippen MR) is 59.5 cm³/mol. The second-order valence-electron chi connectivity index (χ2n) is 3.55. The fourth-order valence-electron chi connectivity index (χ4n) is 1.58. The van der Waals surface area contributed by atoms with Gasteiger partial charge in [0.15, 0.2) is 0 Å². The van der Waals surface area contributed by atoms with Gasteiger partial charge in [-0.3, -0.25) is 0 Å². The monoisotopic (exact) mass is 240 g/mol. The number of hydrogen-bond acceptors (Lipinski definition) is 2. The fraction of sp³-hybridized carbons (Fsp3) is 0.167. The molecule has 0 aliphatic rings. The molecule has 2 rings (SSSR count). The zero-order valence-electron chi connectivity index (χ0n) is 8.58. The van der Waals surface area contributed by atoms with Crippen LogP contribution in [-0.2, 0) is 0 Å². The number of aliphatic hydroxyl groups is 1. The molecular formula is C12H10F2OS. The third-order valence-electron chi connectivity index (χ3n) is 2.46. The summed E-state index contributed by atoms with van der Waals surface area (Å²) in [6.45, 7) is 1.80. The van der Waals surface area contributed by atoms with Gasteiger partial charge >= 0.3 is 0 Å². The van der Waals surface area contributed by atoms with Crippen molar-refractivity contribution in [1.82, 2.24) is 0 Å². The van der Waals surface area contributed by atoms with Gasteiger partial charge in [0.05, 0.1) is 5.56 Å². The first-order chi connectivity index (χ1) is 7.61. The van der Waals surface area contributed by atoms with Crippen molar-refractivity contribution in [3.63, 3.8) is 0 Å². The van der Waals surface area contributed by atoms with Gasteiger partial charge in [-0.25, -0.2) is 8.78 Å². The highest BCUT2D eigenvalue weighted by atomic mass is 32.1. The second-order valence-corrected chi connectivity index (χ2v) is 4.29. The average Bonchev–Trinajstić information content (AvgIpc) is 2.64. The number of thiophene rings is 1. The first-order valence-electron chi connectivity index (χ1n) is 4.76. The van der Waals surface area contributed by atoms with Gasteiger partial charge < -0.3 is 5.11 Å². The lowest BCUT2D eigenvalue weighted by Gasteiger charge is -2.12. The van der Waals surface area contributed by atoms with Gasteiger partial charge in [-0.05, 0) is 40.9 Å². The van der Waals surface area contributed by atoms with Gasteiger partial charge in [0.2, 0.25) is 0 Å². The van der Waals surface area contributed by atoms with Crippen molar-refractivity contribution in [2.75, 3.05) is 0 Å². The molecule has 0 fully saturated rings. The molecule has 1 heterocycles. The lowest BCUT2D eigenvalue weighted by Crippen LogP contribution is -2.05. The van der Waals surface area contributed by atoms with Gasteiger partial charge in [0, 0.05) is 0 Å². The number of benzene rings is 1. The fourth-order valence-corrected chi connectivity index (χ4v) is 2.45. The van der Waals surface area contributed by atoms with Gasteiger partial charge in [-0.15, -0.1) is 0 Å². The summed E-state index contributed by atoms with van der Waals surface area (Å²) in [4.78, 5) is 0. The molecule has 1 N–H and O–H groups in total. The molecule has 0 spiro atoms. The lowest BCUT2D eigenvalue weighted by molar-refractivity contribution is 0.209. The Balaban J connectivity index is 2.49. The van der Waals surface area contributed by atoms with Crippen LogP contribution in [0, 0.1) is 18.6 Å². The molecule has 1 unspecified atom stereocenters. The second kappa shape index (κ2) is 4.31. The van der Waals surface area contributed by atoms with Crippen LogP contribution in [0.5, 0.6) is 0 Å². The van der Waals surface area contributed by atoms with E-state index in [1.807, 2.05) is 5.38 Å². The molecule has 16 heavy (non-hydrogen) atoms. The molecule has 0 saturated carbocycles. The van der Waals surface area contributed by atoms with Crippen molar-refractivity contribution in [3.8, 4) is 0 Å². The first kappa shape index (κ1) is 11.2. The van der Waals surface area contributed by atoms with E-state index in [4.69, 9.17) is 0 Å². The summed E-state index contributed by atoms with van der Waals surface area (Å²) >= 11 is 1.40. The number of aliphatic hydroxyl groups excluding tert-OH is 1. The summed E-state index contributed by atoms with van der Waals surface area (Å²) in [6.07, 6.45) is -1.24. The number of aryl methyl sites for hydroxylation is 1. The van der Waals surface area contributed by atoms with E-state index >= 15 is 0 Å². The van der Waals surface area contributed by atoms with Crippen molar-refractivity contribution < 1.29 is 13.9 Å². The summed E-state index contributed by atoms with van der Waals surface area (Å²) in [7, 11) is 0. The minimum Gasteiger partial charge on any atom is -0.383 e. The quantitative estimate of drug-likeness (QED) is 0.852. The van der Waals surface area contributed by atoms with Crippen LogP contribution in [0.4, 0.5) is 8.78 Å². The molecule has 1 nitrogen and oxygen atoms in total. The standard InChI is InChI=1S/C12H10F2OS/c1-7-5-16-6-8(7)12(15)11-9(13)3-2-4-10(11)14/h2-6,12,15H,1H3. The molecule has 0 bridgehead atoms. The van der Waals surface area contributed by atoms with Crippen LogP contribution in [0.2, 0.25) is 0 Å². The Bertz CT molecular complexity index is 487. The van der Waals surface area contributed by atoms with Crippen LogP contribution in [0.1, 0.15) is 22.8 Å². The molecule has 0 amide bonds. The zero-order chi connectivity index (χ0) is 11.7. The zero-order valence-corrected chi connectivity index (χ0v) is 9.39. The first-order valence-corrected chi connectivity index (χ1v) is 5.70. The predicted octanol–water partition coefficient (Wildman–Crippen LogP) is 3.42. The molecule has 84 valence electrons. The summed E-state index contributed by atoms with van der Waals surface area (Å²) in [5.74, 6) is -1.45. The maximum atomic E-state index is 13.4. The summed E-state index contributed by atoms with van der Waals surface area (Å²) in [5, 5.41) is 13.5. The smallest absolute Gasteiger partial charge is 0.132 e. The summed E-state index contributed by atoms with van der Waals surface area (Å²) in [5.41, 5.74) is 1.10. The Hall–Kier alpha value is -1.26. The molecular weight excluding hydrogens is 230 g/mol. The van der Waals surface area contributed by atoms with E-state index in [2.05, 4.69) is 0 Å². The van der Waals surface area contributed by atoms with Crippen molar-refractivity contribution in [2.45, 2.75) is 13.0 Å². The highest BCUT2D eigenvalue weighted by Gasteiger charge is 2.21. The number of halogens is 2. The molecule has 4 heteroatoms. The van der Waals surface area contributed by atoms with Crippen molar-refractivity contribution in [3.05, 3.63) is 57.3 Å². The number of rotatable bonds is 2. The van der Waals surface area contributed by atoms with Crippen LogP contribution >= 0.6 is 11.3 Å². The maximum absolute atomic E-state index is 13.4. The van der Waals surface area contributed by atoms with Crippen molar-refractivity contribution >= 4 is 11.3 Å². The molecule has 0 saturated heterocycles. The summed E-state index contributed by atoms with van der Waals surface area (Å²) in [6, 6.07) is 3.56. The Morgan fingerprint density at radius 1 is 1.19 bits per heavy atom. The van der Waals surface area contributed by atoms with E-state index in [1.165, 1.54) is 17.4 Å².